The number of thioether (sulfide) groups is 1. The highest BCUT2D eigenvalue weighted by atomic mass is 32.2. The van der Waals surface area contributed by atoms with Crippen LogP contribution in [0.3, 0.4) is 0 Å². The lowest BCUT2D eigenvalue weighted by atomic mass is 10.2. The predicted molar refractivity (Wildman–Crippen MR) is 83.9 cm³/mol. The largest absolute Gasteiger partial charge is 0.398 e. The minimum atomic E-state index is 0.797. The van der Waals surface area contributed by atoms with Gasteiger partial charge >= 0.3 is 0 Å². The van der Waals surface area contributed by atoms with Crippen molar-refractivity contribution in [2.75, 3.05) is 25.7 Å². The molecule has 0 saturated carbocycles. The molecule has 3 nitrogen and oxygen atoms in total. The Morgan fingerprint density at radius 2 is 2.26 bits per heavy atom. The zero-order chi connectivity index (χ0) is 13.7. The number of thiazole rings is 1. The maximum atomic E-state index is 5.91. The number of methoxy groups -OCH3 is 1. The SMILES string of the molecule is COCCCc1cnc(-c2ccc(N)c(SC)c2)s1. The van der Waals surface area contributed by atoms with Crippen molar-refractivity contribution < 1.29 is 4.74 Å². The third kappa shape index (κ3) is 3.72. The van der Waals surface area contributed by atoms with Crippen LogP contribution in [0.4, 0.5) is 5.69 Å². The number of nitrogens with zero attached hydrogens (tertiary/aromatic N) is 1. The molecular formula is C14H18N2OS2. The number of rotatable bonds is 6. The monoisotopic (exact) mass is 294 g/mol. The van der Waals surface area contributed by atoms with Gasteiger partial charge in [-0.1, -0.05) is 0 Å². The zero-order valence-electron chi connectivity index (χ0n) is 11.2. The third-order valence-corrected chi connectivity index (χ3v) is 4.71. The zero-order valence-corrected chi connectivity index (χ0v) is 12.8. The fourth-order valence-corrected chi connectivity index (χ4v) is 3.29. The van der Waals surface area contributed by atoms with Gasteiger partial charge in [0.15, 0.2) is 0 Å². The number of benzene rings is 1. The Morgan fingerprint density at radius 1 is 1.42 bits per heavy atom. The van der Waals surface area contributed by atoms with E-state index in [1.54, 1.807) is 30.2 Å². The minimum Gasteiger partial charge on any atom is -0.398 e. The van der Waals surface area contributed by atoms with Crippen molar-refractivity contribution >= 4 is 28.8 Å². The first-order chi connectivity index (χ1) is 9.24. The average molecular weight is 294 g/mol. The van der Waals surface area contributed by atoms with E-state index >= 15 is 0 Å². The van der Waals surface area contributed by atoms with Crippen LogP contribution in [0, 0.1) is 0 Å². The Balaban J connectivity index is 2.13. The van der Waals surface area contributed by atoms with Crippen molar-refractivity contribution in [3.05, 3.63) is 29.3 Å². The maximum Gasteiger partial charge on any atom is 0.123 e. The standard InChI is InChI=1S/C14H18N2OS2/c1-17-7-3-4-11-9-16-14(19-11)10-5-6-12(15)13(8-10)18-2/h5-6,8-9H,3-4,7,15H2,1-2H3. The van der Waals surface area contributed by atoms with Crippen LogP contribution in [0.2, 0.25) is 0 Å². The van der Waals surface area contributed by atoms with Gasteiger partial charge in [0.1, 0.15) is 5.01 Å². The molecular weight excluding hydrogens is 276 g/mol. The van der Waals surface area contributed by atoms with Gasteiger partial charge in [0.2, 0.25) is 0 Å². The highest BCUT2D eigenvalue weighted by Crippen LogP contribution is 2.31. The molecule has 2 aromatic rings. The van der Waals surface area contributed by atoms with Gasteiger partial charge in [-0.3, -0.25) is 0 Å². The number of aryl methyl sites for hydroxylation is 1. The summed E-state index contributed by atoms with van der Waals surface area (Å²) in [5.41, 5.74) is 7.88. The van der Waals surface area contributed by atoms with E-state index in [1.807, 2.05) is 24.6 Å². The molecule has 2 rings (SSSR count). The van der Waals surface area contributed by atoms with Gasteiger partial charge in [-0.25, -0.2) is 4.98 Å². The Bertz CT molecular complexity index is 540. The van der Waals surface area contributed by atoms with Gasteiger partial charge < -0.3 is 10.5 Å². The summed E-state index contributed by atoms with van der Waals surface area (Å²) in [6.07, 6.45) is 6.06. The van der Waals surface area contributed by atoms with Gasteiger partial charge in [0.05, 0.1) is 0 Å². The molecule has 102 valence electrons. The number of nitrogen functional groups attached to an aromatic ring is 1. The molecule has 0 aliphatic rings. The number of nitrogens with two attached hydrogens (primary N) is 1. The number of ether oxygens (including phenoxy) is 1. The van der Waals surface area contributed by atoms with Gasteiger partial charge in [-0.15, -0.1) is 23.1 Å². The normalized spacial score (nSPS) is 10.8. The van der Waals surface area contributed by atoms with E-state index in [0.717, 1.165) is 40.6 Å². The Morgan fingerprint density at radius 3 is 3.00 bits per heavy atom. The van der Waals surface area contributed by atoms with E-state index in [4.69, 9.17) is 10.5 Å². The lowest BCUT2D eigenvalue weighted by molar-refractivity contribution is 0.195. The summed E-state index contributed by atoms with van der Waals surface area (Å²) in [5.74, 6) is 0. The summed E-state index contributed by atoms with van der Waals surface area (Å²) in [5, 5.41) is 1.06. The quantitative estimate of drug-likeness (QED) is 0.501. The van der Waals surface area contributed by atoms with Crippen LogP contribution in [-0.4, -0.2) is 25.0 Å². The first-order valence-corrected chi connectivity index (χ1v) is 8.16. The molecule has 1 heterocycles. The van der Waals surface area contributed by atoms with Crippen molar-refractivity contribution in [2.45, 2.75) is 17.7 Å². The number of aromatic nitrogens is 1. The highest BCUT2D eigenvalue weighted by molar-refractivity contribution is 7.98. The lowest BCUT2D eigenvalue weighted by Crippen LogP contribution is -1.89. The summed E-state index contributed by atoms with van der Waals surface area (Å²) in [7, 11) is 1.73. The smallest absolute Gasteiger partial charge is 0.123 e. The summed E-state index contributed by atoms with van der Waals surface area (Å²) in [6.45, 7) is 0.797. The molecule has 0 unspecified atom stereocenters. The molecule has 0 fully saturated rings. The summed E-state index contributed by atoms with van der Waals surface area (Å²) >= 11 is 3.41. The first-order valence-electron chi connectivity index (χ1n) is 6.12. The molecule has 19 heavy (non-hydrogen) atoms. The molecule has 0 amide bonds. The van der Waals surface area contributed by atoms with Gasteiger partial charge in [-0.05, 0) is 37.3 Å². The molecule has 0 aliphatic carbocycles. The van der Waals surface area contributed by atoms with Crippen LogP contribution in [0.5, 0.6) is 0 Å². The van der Waals surface area contributed by atoms with Crippen LogP contribution in [0.15, 0.2) is 29.3 Å². The van der Waals surface area contributed by atoms with Gasteiger partial charge in [-0.2, -0.15) is 0 Å². The van der Waals surface area contributed by atoms with E-state index in [1.165, 1.54) is 4.88 Å². The van der Waals surface area contributed by atoms with Crippen LogP contribution < -0.4 is 5.73 Å². The molecule has 0 bridgehead atoms. The minimum absolute atomic E-state index is 0.797. The molecule has 0 atom stereocenters. The molecule has 5 heteroatoms. The van der Waals surface area contributed by atoms with Crippen molar-refractivity contribution in [1.82, 2.24) is 4.98 Å². The van der Waals surface area contributed by atoms with Crippen molar-refractivity contribution in [3.63, 3.8) is 0 Å². The van der Waals surface area contributed by atoms with Crippen molar-refractivity contribution in [2.24, 2.45) is 0 Å². The van der Waals surface area contributed by atoms with Crippen molar-refractivity contribution in [1.29, 1.82) is 0 Å². The van der Waals surface area contributed by atoms with Crippen LogP contribution in [0.1, 0.15) is 11.3 Å². The molecule has 1 aromatic carbocycles. The molecule has 0 aliphatic heterocycles. The molecule has 2 N–H and O–H groups in total. The molecule has 0 radical (unpaired) electrons. The first kappa shape index (κ1) is 14.4. The molecule has 0 spiro atoms. The van der Waals surface area contributed by atoms with E-state index in [2.05, 4.69) is 11.1 Å². The number of anilines is 1. The maximum absolute atomic E-state index is 5.91. The Labute approximate surface area is 122 Å². The second-order valence-corrected chi connectivity index (χ2v) is 6.15. The molecule has 1 aromatic heterocycles. The second-order valence-electron chi connectivity index (χ2n) is 4.18. The summed E-state index contributed by atoms with van der Waals surface area (Å²) in [6, 6.07) is 6.09. The number of hydrogen-bond donors (Lipinski definition) is 1. The summed E-state index contributed by atoms with van der Waals surface area (Å²) in [4.78, 5) is 6.90. The fourth-order valence-electron chi connectivity index (χ4n) is 1.79. The lowest BCUT2D eigenvalue weighted by Gasteiger charge is -2.04. The van der Waals surface area contributed by atoms with E-state index in [-0.39, 0.29) is 0 Å². The van der Waals surface area contributed by atoms with E-state index in [0.29, 0.717) is 0 Å². The van der Waals surface area contributed by atoms with Crippen LogP contribution in [0.25, 0.3) is 10.6 Å². The van der Waals surface area contributed by atoms with E-state index < -0.39 is 0 Å². The second kappa shape index (κ2) is 6.93. The van der Waals surface area contributed by atoms with Gasteiger partial charge in [0, 0.05) is 40.9 Å². The molecule has 0 saturated heterocycles. The van der Waals surface area contributed by atoms with Crippen LogP contribution >= 0.6 is 23.1 Å². The third-order valence-electron chi connectivity index (χ3n) is 2.81. The Hall–Kier alpha value is -1.04. The topological polar surface area (TPSA) is 48.1 Å². The number of hydrogen-bond acceptors (Lipinski definition) is 5. The summed E-state index contributed by atoms with van der Waals surface area (Å²) < 4.78 is 5.07. The van der Waals surface area contributed by atoms with Crippen molar-refractivity contribution in [3.8, 4) is 10.6 Å². The highest BCUT2D eigenvalue weighted by Gasteiger charge is 2.07. The fraction of sp³-hybridized carbons (Fsp3) is 0.357. The van der Waals surface area contributed by atoms with Gasteiger partial charge in [0.25, 0.3) is 0 Å². The Kier molecular flexibility index (Phi) is 5.24. The van der Waals surface area contributed by atoms with Crippen LogP contribution in [-0.2, 0) is 11.2 Å². The van der Waals surface area contributed by atoms with E-state index in [9.17, 15) is 0 Å². The predicted octanol–water partition coefficient (Wildman–Crippen LogP) is 3.69. The average Bonchev–Trinajstić information content (AvgIpc) is 2.88.